The molecule has 1 atom stereocenters. The van der Waals surface area contributed by atoms with Gasteiger partial charge in [-0.1, -0.05) is 61.7 Å². The van der Waals surface area contributed by atoms with E-state index in [1.807, 2.05) is 187 Å². The molecule has 0 bridgehead atoms. The van der Waals surface area contributed by atoms with Gasteiger partial charge in [-0.2, -0.15) is 0 Å². The predicted octanol–water partition coefficient (Wildman–Crippen LogP) is 12.3. The second-order valence-electron chi connectivity index (χ2n) is 29.6. The van der Waals surface area contributed by atoms with Crippen LogP contribution in [0.1, 0.15) is 0 Å². The highest BCUT2D eigenvalue weighted by molar-refractivity contribution is 7.19. The van der Waals surface area contributed by atoms with Crippen LogP contribution in [0.25, 0.3) is 0 Å². The summed E-state index contributed by atoms with van der Waals surface area (Å²) in [7, 11) is -23.9. The van der Waals surface area contributed by atoms with Gasteiger partial charge in [0.05, 0.1) is 8.31 Å². The fraction of sp³-hybridized carbons (Fsp3) is 0.792. The van der Waals surface area contributed by atoms with E-state index in [0.717, 1.165) is 11.2 Å². The maximum absolute atomic E-state index is 9.95. The fourth-order valence-corrected chi connectivity index (χ4v) is 26.1. The molecule has 466 valence electrons. The highest BCUT2D eigenvalue weighted by Crippen LogP contribution is 2.17. The van der Waals surface area contributed by atoms with Gasteiger partial charge in [0.1, 0.15) is 8.56 Å². The van der Waals surface area contributed by atoms with Crippen LogP contribution >= 0.6 is 0 Å². The van der Waals surface area contributed by atoms with Crippen molar-refractivity contribution >= 4 is 131 Å². The second-order valence-corrected chi connectivity index (χ2v) is 94.9. The van der Waals surface area contributed by atoms with Crippen molar-refractivity contribution < 1.29 is 60.3 Å². The maximum atomic E-state index is 9.95. The van der Waals surface area contributed by atoms with Gasteiger partial charge in [0, 0.05) is 6.55 Å². The van der Waals surface area contributed by atoms with Crippen LogP contribution < -0.4 is 5.19 Å². The van der Waals surface area contributed by atoms with Crippen molar-refractivity contribution in [3.8, 4) is 0 Å². The number of benzene rings is 1. The molecule has 0 saturated carbocycles. The molecule has 0 heterocycles. The molecule has 1 rings (SSSR count). The summed E-state index contributed by atoms with van der Waals surface area (Å²) in [6.07, 6.45) is 1.77. The fourth-order valence-electron chi connectivity index (χ4n) is 3.05. The average Bonchev–Trinajstić information content (AvgIpc) is 2.97. The first kappa shape index (κ1) is 99.5. The largest absolute Gasteiger partial charge is 0.473 e. The minimum atomic E-state index is -2.85. The summed E-state index contributed by atoms with van der Waals surface area (Å²) in [5, 5.41) is 1.09. The molecule has 0 aliphatic rings. The summed E-state index contributed by atoms with van der Waals surface area (Å²) in [5.41, 5.74) is 1.63. The van der Waals surface area contributed by atoms with E-state index in [2.05, 4.69) is 91.7 Å². The summed E-state index contributed by atoms with van der Waals surface area (Å²) in [6.45, 7) is 80.2. The van der Waals surface area contributed by atoms with Crippen molar-refractivity contribution in [2.24, 2.45) is 0 Å². The van der Waals surface area contributed by atoms with E-state index < -0.39 is 125 Å². The Morgan fingerprint density at radius 1 is 0.395 bits per heavy atom. The lowest BCUT2D eigenvalue weighted by atomic mass is 10.4. The van der Waals surface area contributed by atoms with Gasteiger partial charge in [0.2, 0.25) is 16.6 Å². The summed E-state index contributed by atoms with van der Waals surface area (Å²) < 4.78 is 17.3. The molecule has 1 aromatic carbocycles. The molecule has 28 heteroatoms. The predicted molar refractivity (Wildman–Crippen MR) is 383 cm³/mol. The van der Waals surface area contributed by atoms with E-state index in [1.54, 1.807) is 18.3 Å². The zero-order chi connectivity index (χ0) is 65.0. The van der Waals surface area contributed by atoms with Crippen LogP contribution in [-0.4, -0.2) is 173 Å². The zero-order valence-electron chi connectivity index (χ0n) is 57.0. The lowest BCUT2D eigenvalue weighted by Crippen LogP contribution is -2.52. The van der Waals surface area contributed by atoms with Gasteiger partial charge in [0.15, 0.2) is 83.2 Å². The summed E-state index contributed by atoms with van der Waals surface area (Å²) in [4.78, 5) is 89.5. The quantitative estimate of drug-likeness (QED) is 0.0735. The second kappa shape index (κ2) is 44.0. The molecule has 0 aliphatic heterocycles. The molecule has 0 aliphatic carbocycles. The van der Waals surface area contributed by atoms with Gasteiger partial charge in [-0.15, -0.1) is 13.2 Å². The molecular weight excluding hydrogens is 1210 g/mol. The minimum Gasteiger partial charge on any atom is -0.461 e. The molecule has 76 heavy (non-hydrogen) atoms. The summed E-state index contributed by atoms with van der Waals surface area (Å²) >= 11 is 0. The Kier molecular flexibility index (Phi) is 57.6. The van der Waals surface area contributed by atoms with E-state index in [0.29, 0.717) is 0 Å². The van der Waals surface area contributed by atoms with Gasteiger partial charge < -0.3 is 60.3 Å². The molecule has 1 unspecified atom stereocenters. The lowest BCUT2D eigenvalue weighted by molar-refractivity contribution is 0.255. The van der Waals surface area contributed by atoms with Crippen molar-refractivity contribution in [2.75, 3.05) is 0 Å². The molecule has 0 fully saturated rings. The molecule has 0 spiro atoms. The molecule has 1 aromatic rings. The summed E-state index contributed by atoms with van der Waals surface area (Å²) in [5.74, 6) is 0. The third-order valence-corrected chi connectivity index (χ3v) is 30.1. The highest BCUT2D eigenvalue weighted by atomic mass is 29.2. The first-order valence-electron chi connectivity index (χ1n) is 26.6. The minimum absolute atomic E-state index is 0.413. The Bertz CT molecular complexity index is 1340. The van der Waals surface area contributed by atoms with Crippen LogP contribution in [0, 0.1) is 0 Å². The van der Waals surface area contributed by atoms with Gasteiger partial charge in [-0.25, -0.2) is 0 Å². The topological polar surface area (TPSA) is 230 Å². The number of rotatable bonds is 11. The standard InChI is InChI=1S/C8H12OSi.C7H22O3Si3.C6H20OSi3.C5H12OSi.C4H10OSi.6C3H10OSi/c1-10(2,9)8-6-4-3-5-7-8;1-11(2,3)9-13(7,8)10-12(4,5)6;1-8(2)9(3)7-10(4,5)6;1-4-5-7(2,3)6;1-4-6(2,3)5;6*1-5(2,3)4/h3-7,9H,1-2H3;8H,1-7H3;8-9H,1-6H3;4,6H,1,5H2,2-3H3;4-5H,1H2,2-3H3;6*4H,1-3H3. The van der Waals surface area contributed by atoms with Crippen LogP contribution in [0.4, 0.5) is 0 Å². The SMILES string of the molecule is C=CC[Si](C)(C)O.C=C[Si](C)(C)O.C[SiH](C)[SiH](C)O[Si](C)(C)C.C[Si](C)(C)O.C[Si](C)(C)O.C[Si](C)(C)O.C[Si](C)(C)O.C[Si](C)(C)O.C[Si](C)(C)O.C[Si](C)(C)O[Si](C)(O)O[Si](C)(C)C.C[Si](C)(O)c1ccccc1. The highest BCUT2D eigenvalue weighted by Gasteiger charge is 2.39. The number of hydrogen-bond acceptors (Lipinski definition) is 13. The van der Waals surface area contributed by atoms with Gasteiger partial charge in [0.25, 0.3) is 0 Å². The smallest absolute Gasteiger partial charge is 0.461 e. The Hall–Kier alpha value is 1.43. The van der Waals surface area contributed by atoms with E-state index in [4.69, 9.17) is 50.7 Å². The molecule has 0 radical (unpaired) electrons. The van der Waals surface area contributed by atoms with E-state index >= 15 is 0 Å². The molecule has 0 amide bonds. The van der Waals surface area contributed by atoms with Gasteiger partial charge in [-0.3, -0.25) is 0 Å². The molecule has 0 aromatic heterocycles. The molecule has 0 saturated heterocycles. The normalized spacial score (nSPS) is 12.8. The third-order valence-electron chi connectivity index (χ3n) is 5.09. The molecule has 10 N–H and O–H groups in total. The maximum Gasteiger partial charge on any atom is 0.473 e. The van der Waals surface area contributed by atoms with Crippen LogP contribution in [0.2, 0.25) is 248 Å². The Morgan fingerprint density at radius 2 is 0.605 bits per heavy atom. The molecule has 13 nitrogen and oxygen atoms in total. The van der Waals surface area contributed by atoms with Gasteiger partial charge in [-0.05, 0) is 227 Å². The van der Waals surface area contributed by atoms with Crippen LogP contribution in [0.3, 0.4) is 0 Å². The van der Waals surface area contributed by atoms with Crippen molar-refractivity contribution in [3.63, 3.8) is 0 Å². The number of hydrogen-bond donors (Lipinski definition) is 10. The van der Waals surface area contributed by atoms with E-state index in [1.165, 1.54) is 0 Å². The first-order valence-corrected chi connectivity index (χ1v) is 75.5. The Balaban J connectivity index is -0.0000000804. The average molecular weight is 1340 g/mol. The van der Waals surface area contributed by atoms with E-state index in [-0.39, 0.29) is 0 Å². The van der Waals surface area contributed by atoms with Gasteiger partial charge >= 0.3 is 8.80 Å². The van der Waals surface area contributed by atoms with Crippen molar-refractivity contribution in [1.82, 2.24) is 0 Å². The Labute approximate surface area is 490 Å². The zero-order valence-corrected chi connectivity index (χ0v) is 72.3. The monoisotopic (exact) mass is 1340 g/mol. The van der Waals surface area contributed by atoms with Crippen molar-refractivity contribution in [3.05, 3.63) is 55.3 Å². The Morgan fingerprint density at radius 3 is 0.684 bits per heavy atom. The van der Waals surface area contributed by atoms with Crippen LogP contribution in [-0.2, 0) is 12.3 Å². The van der Waals surface area contributed by atoms with Crippen molar-refractivity contribution in [1.29, 1.82) is 0 Å². The molecular formula is C48H136O13Si15. The van der Waals surface area contributed by atoms with E-state index in [9.17, 15) is 9.59 Å². The van der Waals surface area contributed by atoms with Crippen LogP contribution in [0.5, 0.6) is 0 Å². The number of allylic oxidation sites excluding steroid dienone is 1. The van der Waals surface area contributed by atoms with Crippen molar-refractivity contribution in [2.45, 2.75) is 248 Å². The third kappa shape index (κ3) is 222. The summed E-state index contributed by atoms with van der Waals surface area (Å²) in [6, 6.07) is 10.6. The van der Waals surface area contributed by atoms with Crippen LogP contribution in [0.15, 0.2) is 55.3 Å². The lowest BCUT2D eigenvalue weighted by Gasteiger charge is -2.33. The first-order chi connectivity index (χ1) is 32.0.